The van der Waals surface area contributed by atoms with Gasteiger partial charge in [-0.2, -0.15) is 0 Å². The van der Waals surface area contributed by atoms with Gasteiger partial charge in [-0.25, -0.2) is 9.78 Å². The Morgan fingerprint density at radius 2 is 1.96 bits per heavy atom. The molecule has 0 aliphatic carbocycles. The number of carbonyl (C=O) groups is 1. The highest BCUT2D eigenvalue weighted by molar-refractivity contribution is 6.00. The van der Waals surface area contributed by atoms with Crippen molar-refractivity contribution in [1.82, 2.24) is 9.97 Å². The first-order valence-electron chi connectivity index (χ1n) is 7.57. The number of urea groups is 1. The van der Waals surface area contributed by atoms with E-state index in [9.17, 15) is 4.79 Å². The number of amides is 2. The average molecular weight is 321 g/mol. The number of aromatic nitrogens is 2. The Hall–Kier alpha value is -3.28. The fourth-order valence-corrected chi connectivity index (χ4v) is 2.49. The summed E-state index contributed by atoms with van der Waals surface area (Å²) in [6.07, 6.45) is 1.66. The van der Waals surface area contributed by atoms with Crippen molar-refractivity contribution >= 4 is 23.4 Å². The molecule has 0 fully saturated rings. The van der Waals surface area contributed by atoms with Gasteiger partial charge in [-0.3, -0.25) is 0 Å². The number of aromatic amines is 1. The number of aryl methyl sites for hydroxylation is 2. The summed E-state index contributed by atoms with van der Waals surface area (Å²) in [5.41, 5.74) is 10.9. The molecule has 0 bridgehead atoms. The molecule has 24 heavy (non-hydrogen) atoms. The Bertz CT molecular complexity index is 885. The predicted octanol–water partition coefficient (Wildman–Crippen LogP) is 3.92. The lowest BCUT2D eigenvalue weighted by Gasteiger charge is -2.11. The Balaban J connectivity index is 1.72. The van der Waals surface area contributed by atoms with Gasteiger partial charge in [0.1, 0.15) is 0 Å². The summed E-state index contributed by atoms with van der Waals surface area (Å²) in [5, 5.41) is 5.69. The van der Waals surface area contributed by atoms with Crippen LogP contribution in [0.2, 0.25) is 0 Å². The molecule has 122 valence electrons. The van der Waals surface area contributed by atoms with Crippen molar-refractivity contribution in [2.75, 3.05) is 16.4 Å². The van der Waals surface area contributed by atoms with Gasteiger partial charge in [0, 0.05) is 16.9 Å². The van der Waals surface area contributed by atoms with Gasteiger partial charge >= 0.3 is 6.03 Å². The third kappa shape index (κ3) is 3.55. The van der Waals surface area contributed by atoms with Crippen LogP contribution in [0.1, 0.15) is 11.1 Å². The van der Waals surface area contributed by atoms with Crippen molar-refractivity contribution in [3.8, 4) is 11.3 Å². The van der Waals surface area contributed by atoms with E-state index in [1.54, 1.807) is 6.20 Å². The molecule has 0 atom stereocenters. The van der Waals surface area contributed by atoms with Crippen LogP contribution < -0.4 is 16.4 Å². The molecule has 0 unspecified atom stereocenters. The maximum atomic E-state index is 12.2. The van der Waals surface area contributed by atoms with Gasteiger partial charge in [-0.15, -0.1) is 0 Å². The van der Waals surface area contributed by atoms with E-state index in [1.165, 1.54) is 0 Å². The number of nitrogens with one attached hydrogen (secondary N) is 3. The number of hydrogen-bond acceptors (Lipinski definition) is 3. The number of carbonyl (C=O) groups excluding carboxylic acids is 1. The van der Waals surface area contributed by atoms with Crippen molar-refractivity contribution in [3.05, 3.63) is 59.8 Å². The van der Waals surface area contributed by atoms with Crippen LogP contribution >= 0.6 is 0 Å². The SMILES string of the molecule is Cc1ccc(NC(=O)Nc2cccc(-c3cnc(N)[nH]3)c2)c(C)c1. The zero-order valence-corrected chi connectivity index (χ0v) is 13.6. The Kier molecular flexibility index (Phi) is 4.20. The summed E-state index contributed by atoms with van der Waals surface area (Å²) in [4.78, 5) is 19.2. The van der Waals surface area contributed by atoms with E-state index >= 15 is 0 Å². The van der Waals surface area contributed by atoms with E-state index in [-0.39, 0.29) is 6.03 Å². The Morgan fingerprint density at radius 3 is 2.67 bits per heavy atom. The van der Waals surface area contributed by atoms with Crippen LogP contribution in [0, 0.1) is 13.8 Å². The van der Waals surface area contributed by atoms with E-state index < -0.39 is 0 Å². The summed E-state index contributed by atoms with van der Waals surface area (Å²) in [6.45, 7) is 3.98. The van der Waals surface area contributed by atoms with Crippen LogP contribution in [-0.4, -0.2) is 16.0 Å². The lowest BCUT2D eigenvalue weighted by atomic mass is 10.1. The van der Waals surface area contributed by atoms with Crippen LogP contribution in [0.4, 0.5) is 22.1 Å². The summed E-state index contributed by atoms with van der Waals surface area (Å²) < 4.78 is 0. The molecule has 5 N–H and O–H groups in total. The average Bonchev–Trinajstić information content (AvgIpc) is 2.97. The zero-order valence-electron chi connectivity index (χ0n) is 13.6. The van der Waals surface area contributed by atoms with Crippen molar-refractivity contribution < 1.29 is 4.79 Å². The number of hydrogen-bond donors (Lipinski definition) is 4. The van der Waals surface area contributed by atoms with Gasteiger partial charge in [0.05, 0.1) is 11.9 Å². The number of anilines is 3. The number of nitrogen functional groups attached to an aromatic ring is 1. The fraction of sp³-hybridized carbons (Fsp3) is 0.111. The normalized spacial score (nSPS) is 10.4. The minimum absolute atomic E-state index is 0.289. The van der Waals surface area contributed by atoms with Crippen LogP contribution in [-0.2, 0) is 0 Å². The van der Waals surface area contributed by atoms with Gasteiger partial charge in [0.2, 0.25) is 0 Å². The molecular formula is C18H19N5O. The van der Waals surface area contributed by atoms with Gasteiger partial charge in [-0.05, 0) is 37.6 Å². The molecular weight excluding hydrogens is 302 g/mol. The molecule has 0 aliphatic rings. The second kappa shape index (κ2) is 6.45. The molecule has 2 aromatic carbocycles. The first-order chi connectivity index (χ1) is 11.5. The first-order valence-corrected chi connectivity index (χ1v) is 7.57. The predicted molar refractivity (Wildman–Crippen MR) is 97.0 cm³/mol. The zero-order chi connectivity index (χ0) is 17.1. The van der Waals surface area contributed by atoms with E-state index in [0.29, 0.717) is 11.6 Å². The minimum atomic E-state index is -0.289. The fourth-order valence-electron chi connectivity index (χ4n) is 2.49. The van der Waals surface area contributed by atoms with Crippen molar-refractivity contribution in [2.24, 2.45) is 0 Å². The molecule has 1 heterocycles. The highest BCUT2D eigenvalue weighted by atomic mass is 16.2. The topological polar surface area (TPSA) is 95.8 Å². The molecule has 1 aromatic heterocycles. The van der Waals surface area contributed by atoms with Gasteiger partial charge < -0.3 is 21.4 Å². The summed E-state index contributed by atoms with van der Waals surface area (Å²) in [6, 6.07) is 13.1. The minimum Gasteiger partial charge on any atom is -0.369 e. The smallest absolute Gasteiger partial charge is 0.323 e. The molecule has 2 amide bonds. The maximum absolute atomic E-state index is 12.2. The highest BCUT2D eigenvalue weighted by Crippen LogP contribution is 2.22. The monoisotopic (exact) mass is 321 g/mol. The van der Waals surface area contributed by atoms with Crippen LogP contribution in [0.15, 0.2) is 48.7 Å². The molecule has 3 rings (SSSR count). The van der Waals surface area contributed by atoms with E-state index in [2.05, 4.69) is 20.6 Å². The number of nitrogens with two attached hydrogens (primary N) is 1. The molecule has 6 heteroatoms. The third-order valence-electron chi connectivity index (χ3n) is 3.66. The van der Waals surface area contributed by atoms with Crippen LogP contribution in [0.25, 0.3) is 11.3 Å². The lowest BCUT2D eigenvalue weighted by Crippen LogP contribution is -2.20. The molecule has 0 radical (unpaired) electrons. The maximum Gasteiger partial charge on any atom is 0.323 e. The number of H-pyrrole nitrogens is 1. The van der Waals surface area contributed by atoms with E-state index in [1.807, 2.05) is 56.3 Å². The molecule has 0 spiro atoms. The summed E-state index contributed by atoms with van der Waals surface area (Å²) >= 11 is 0. The molecule has 0 saturated carbocycles. The van der Waals surface area contributed by atoms with Gasteiger partial charge in [0.25, 0.3) is 0 Å². The van der Waals surface area contributed by atoms with Crippen molar-refractivity contribution in [1.29, 1.82) is 0 Å². The van der Waals surface area contributed by atoms with Crippen molar-refractivity contribution in [3.63, 3.8) is 0 Å². The Labute approximate surface area is 140 Å². The summed E-state index contributed by atoms with van der Waals surface area (Å²) in [7, 11) is 0. The number of benzene rings is 2. The third-order valence-corrected chi connectivity index (χ3v) is 3.66. The van der Waals surface area contributed by atoms with E-state index in [4.69, 9.17) is 5.73 Å². The second-order valence-corrected chi connectivity index (χ2v) is 5.66. The standard InChI is InChI=1S/C18H19N5O/c1-11-6-7-15(12(2)8-11)23-18(24)21-14-5-3-4-13(9-14)16-10-20-17(19)22-16/h3-10H,1-2H3,(H3,19,20,22)(H2,21,23,24). The van der Waals surface area contributed by atoms with Crippen LogP contribution in [0.5, 0.6) is 0 Å². The Morgan fingerprint density at radius 1 is 1.12 bits per heavy atom. The molecule has 0 saturated heterocycles. The van der Waals surface area contributed by atoms with Gasteiger partial charge in [0.15, 0.2) is 5.95 Å². The van der Waals surface area contributed by atoms with Crippen molar-refractivity contribution in [2.45, 2.75) is 13.8 Å². The molecule has 3 aromatic rings. The first kappa shape index (κ1) is 15.6. The highest BCUT2D eigenvalue weighted by Gasteiger charge is 2.07. The molecule has 0 aliphatic heterocycles. The lowest BCUT2D eigenvalue weighted by molar-refractivity contribution is 0.262. The van der Waals surface area contributed by atoms with E-state index in [0.717, 1.165) is 28.1 Å². The number of imidazole rings is 1. The van der Waals surface area contributed by atoms with Crippen LogP contribution in [0.3, 0.4) is 0 Å². The number of nitrogens with zero attached hydrogens (tertiary/aromatic N) is 1. The molecule has 6 nitrogen and oxygen atoms in total. The quantitative estimate of drug-likeness (QED) is 0.588. The second-order valence-electron chi connectivity index (χ2n) is 5.66. The number of rotatable bonds is 3. The summed E-state index contributed by atoms with van der Waals surface area (Å²) in [5.74, 6) is 0.357. The largest absolute Gasteiger partial charge is 0.369 e. The van der Waals surface area contributed by atoms with Gasteiger partial charge in [-0.1, -0.05) is 29.8 Å².